The summed E-state index contributed by atoms with van der Waals surface area (Å²) in [5, 5.41) is 11.5. The van der Waals surface area contributed by atoms with Crippen molar-refractivity contribution >= 4 is 39.3 Å². The van der Waals surface area contributed by atoms with Gasteiger partial charge in [0.1, 0.15) is 0 Å². The summed E-state index contributed by atoms with van der Waals surface area (Å²) in [6, 6.07) is 55.5. The van der Waals surface area contributed by atoms with E-state index in [1.165, 1.54) is 4.90 Å². The predicted molar refractivity (Wildman–Crippen MR) is 199 cm³/mol. The molecule has 0 radical (unpaired) electrons. The van der Waals surface area contributed by atoms with Gasteiger partial charge in [-0.1, -0.05) is 109 Å². The number of nitriles is 1. The number of carbonyl (C=O) groups excluding carboxylic acids is 2. The lowest BCUT2D eigenvalue weighted by Crippen LogP contribution is -2.30. The number of para-hydroxylation sites is 1. The molecule has 0 fully saturated rings. The SMILES string of the molecule is N#Cc1cccc(-c2ccc3c(c2)c2ccccc2n3-c2cccc3c2C(=O)N(c2ccc(-c4ccccc4)cc2-c2ccccc2)C3=O)c1. The number of aromatic nitrogens is 1. The smallest absolute Gasteiger partial charge is 0.268 e. The molecule has 50 heavy (non-hydrogen) atoms. The van der Waals surface area contributed by atoms with E-state index in [4.69, 9.17) is 0 Å². The number of rotatable bonds is 5. The highest BCUT2D eigenvalue weighted by atomic mass is 16.2. The number of benzene rings is 7. The van der Waals surface area contributed by atoms with Crippen molar-refractivity contribution in [1.82, 2.24) is 4.57 Å². The number of hydrogen-bond donors (Lipinski definition) is 0. The second kappa shape index (κ2) is 11.6. The third kappa shape index (κ3) is 4.55. The minimum atomic E-state index is -0.360. The summed E-state index contributed by atoms with van der Waals surface area (Å²) < 4.78 is 2.09. The van der Waals surface area contributed by atoms with Crippen LogP contribution in [0.15, 0.2) is 164 Å². The van der Waals surface area contributed by atoms with E-state index in [-0.39, 0.29) is 11.8 Å². The molecule has 0 saturated heterocycles. The second-order valence-corrected chi connectivity index (χ2v) is 12.4. The van der Waals surface area contributed by atoms with Gasteiger partial charge in [-0.15, -0.1) is 0 Å². The van der Waals surface area contributed by atoms with Crippen LogP contribution in [0.4, 0.5) is 5.69 Å². The van der Waals surface area contributed by atoms with E-state index in [0.29, 0.717) is 28.1 Å². The van der Waals surface area contributed by atoms with Crippen LogP contribution in [0.3, 0.4) is 0 Å². The van der Waals surface area contributed by atoms with Crippen molar-refractivity contribution < 1.29 is 9.59 Å². The van der Waals surface area contributed by atoms with Crippen LogP contribution in [0.1, 0.15) is 26.3 Å². The molecular formula is C45H27N3O2. The standard InChI is InChI=1S/C45H27N3O2/c46-28-29-11-9-16-32(25-29)34-22-24-41-38(27-34)35-17-7-8-19-39(35)47(41)42-20-10-18-36-43(42)45(50)48(44(36)49)40-23-21-33(30-12-3-1-4-13-30)26-37(40)31-14-5-2-6-15-31/h1-27H. The first-order valence-electron chi connectivity index (χ1n) is 16.4. The van der Waals surface area contributed by atoms with Crippen LogP contribution < -0.4 is 4.90 Å². The number of anilines is 1. The third-order valence-corrected chi connectivity index (χ3v) is 9.56. The van der Waals surface area contributed by atoms with E-state index in [0.717, 1.165) is 55.2 Å². The quantitative estimate of drug-likeness (QED) is 0.176. The van der Waals surface area contributed by atoms with Crippen LogP contribution in [0.25, 0.3) is 60.9 Å². The molecule has 1 aliphatic rings. The van der Waals surface area contributed by atoms with Gasteiger partial charge in [0.2, 0.25) is 0 Å². The van der Waals surface area contributed by atoms with Gasteiger partial charge in [0.15, 0.2) is 0 Å². The number of amides is 2. The first-order chi connectivity index (χ1) is 24.6. The normalized spacial score (nSPS) is 12.4. The van der Waals surface area contributed by atoms with Gasteiger partial charge in [-0.2, -0.15) is 5.26 Å². The summed E-state index contributed by atoms with van der Waals surface area (Å²) in [5.74, 6) is -0.710. The van der Waals surface area contributed by atoms with Crippen LogP contribution >= 0.6 is 0 Å². The maximum atomic E-state index is 14.7. The molecule has 234 valence electrons. The fourth-order valence-corrected chi connectivity index (χ4v) is 7.24. The summed E-state index contributed by atoms with van der Waals surface area (Å²) in [5.41, 5.74) is 10.1. The van der Waals surface area contributed by atoms with Crippen molar-refractivity contribution in [2.75, 3.05) is 4.90 Å². The first-order valence-corrected chi connectivity index (χ1v) is 16.4. The molecule has 2 heterocycles. The van der Waals surface area contributed by atoms with E-state index in [1.807, 2.05) is 115 Å². The number of carbonyl (C=O) groups is 2. The Morgan fingerprint density at radius 2 is 1.08 bits per heavy atom. The molecule has 0 spiro atoms. The lowest BCUT2D eigenvalue weighted by Gasteiger charge is -2.20. The van der Waals surface area contributed by atoms with Crippen molar-refractivity contribution in [3.05, 3.63) is 180 Å². The Labute approximate surface area is 288 Å². The second-order valence-electron chi connectivity index (χ2n) is 12.4. The molecule has 1 aromatic heterocycles. The summed E-state index contributed by atoms with van der Waals surface area (Å²) in [6.07, 6.45) is 0. The molecule has 5 nitrogen and oxygen atoms in total. The third-order valence-electron chi connectivity index (χ3n) is 9.56. The van der Waals surface area contributed by atoms with Gasteiger partial charge in [0.05, 0.1) is 45.2 Å². The lowest BCUT2D eigenvalue weighted by atomic mass is 9.97. The van der Waals surface area contributed by atoms with E-state index >= 15 is 0 Å². The molecule has 1 aliphatic heterocycles. The molecule has 0 N–H and O–H groups in total. The highest BCUT2D eigenvalue weighted by Gasteiger charge is 2.40. The number of hydrogen-bond acceptors (Lipinski definition) is 3. The zero-order valence-corrected chi connectivity index (χ0v) is 26.7. The van der Waals surface area contributed by atoms with Crippen LogP contribution in [0, 0.1) is 11.3 Å². The average molecular weight is 642 g/mol. The van der Waals surface area contributed by atoms with Gasteiger partial charge in [-0.25, -0.2) is 4.90 Å². The monoisotopic (exact) mass is 641 g/mol. The Hall–Kier alpha value is -7.03. The fraction of sp³-hybridized carbons (Fsp3) is 0. The number of imide groups is 1. The molecule has 9 rings (SSSR count). The van der Waals surface area contributed by atoms with E-state index in [9.17, 15) is 14.9 Å². The van der Waals surface area contributed by atoms with Gasteiger partial charge < -0.3 is 4.57 Å². The zero-order valence-electron chi connectivity index (χ0n) is 26.7. The van der Waals surface area contributed by atoms with Gasteiger partial charge in [-0.3, -0.25) is 9.59 Å². The summed E-state index contributed by atoms with van der Waals surface area (Å²) in [7, 11) is 0. The summed E-state index contributed by atoms with van der Waals surface area (Å²) >= 11 is 0. The van der Waals surface area contributed by atoms with E-state index in [1.54, 1.807) is 12.1 Å². The van der Waals surface area contributed by atoms with E-state index in [2.05, 4.69) is 47.0 Å². The largest absolute Gasteiger partial charge is 0.308 e. The molecule has 0 saturated carbocycles. The van der Waals surface area contributed by atoms with E-state index < -0.39 is 0 Å². The molecular weight excluding hydrogens is 615 g/mol. The van der Waals surface area contributed by atoms with Gasteiger partial charge >= 0.3 is 0 Å². The molecule has 0 bridgehead atoms. The minimum absolute atomic E-state index is 0.350. The van der Waals surface area contributed by atoms with Crippen LogP contribution in [0.5, 0.6) is 0 Å². The van der Waals surface area contributed by atoms with Crippen molar-refractivity contribution in [2.45, 2.75) is 0 Å². The number of fused-ring (bicyclic) bond motifs is 4. The molecule has 2 amide bonds. The lowest BCUT2D eigenvalue weighted by molar-refractivity contribution is 0.0926. The number of nitrogens with zero attached hydrogens (tertiary/aromatic N) is 3. The highest BCUT2D eigenvalue weighted by Crippen LogP contribution is 2.42. The van der Waals surface area contributed by atoms with Crippen LogP contribution in [-0.4, -0.2) is 16.4 Å². The maximum Gasteiger partial charge on any atom is 0.268 e. The van der Waals surface area contributed by atoms with Crippen LogP contribution in [-0.2, 0) is 0 Å². The molecule has 5 heteroatoms. The Bertz CT molecular complexity index is 2700. The Morgan fingerprint density at radius 1 is 0.440 bits per heavy atom. The van der Waals surface area contributed by atoms with Crippen LogP contribution in [0.2, 0.25) is 0 Å². The summed E-state index contributed by atoms with van der Waals surface area (Å²) in [6.45, 7) is 0. The molecule has 7 aromatic carbocycles. The van der Waals surface area contributed by atoms with Gasteiger partial charge in [-0.05, 0) is 82.4 Å². The van der Waals surface area contributed by atoms with Gasteiger partial charge in [0.25, 0.3) is 11.8 Å². The van der Waals surface area contributed by atoms with Crippen molar-refractivity contribution in [2.24, 2.45) is 0 Å². The van der Waals surface area contributed by atoms with Crippen molar-refractivity contribution in [3.8, 4) is 45.1 Å². The van der Waals surface area contributed by atoms with Gasteiger partial charge in [0, 0.05) is 16.3 Å². The topological polar surface area (TPSA) is 66.1 Å². The van der Waals surface area contributed by atoms with Crippen molar-refractivity contribution in [1.29, 1.82) is 5.26 Å². The fourth-order valence-electron chi connectivity index (χ4n) is 7.24. The predicted octanol–water partition coefficient (Wildman–Crippen LogP) is 10.5. The first kappa shape index (κ1) is 29.1. The average Bonchev–Trinajstić information content (AvgIpc) is 3.65. The minimum Gasteiger partial charge on any atom is -0.308 e. The molecule has 0 unspecified atom stereocenters. The molecule has 0 aliphatic carbocycles. The molecule has 0 atom stereocenters. The summed E-state index contributed by atoms with van der Waals surface area (Å²) in [4.78, 5) is 30.4. The zero-order chi connectivity index (χ0) is 33.8. The molecule has 8 aromatic rings. The Balaban J connectivity index is 1.21. The Kier molecular flexibility index (Phi) is 6.75. The maximum absolute atomic E-state index is 14.7. The van der Waals surface area contributed by atoms with Crippen molar-refractivity contribution in [3.63, 3.8) is 0 Å². The highest BCUT2D eigenvalue weighted by molar-refractivity contribution is 6.36. The Morgan fingerprint density at radius 3 is 1.88 bits per heavy atom.